The smallest absolute Gasteiger partial charge is 0.274 e. The van der Waals surface area contributed by atoms with E-state index < -0.39 is 0 Å². The topological polar surface area (TPSA) is 56.1 Å². The molecule has 0 bridgehead atoms. The lowest BCUT2D eigenvalue weighted by Crippen LogP contribution is -2.17. The van der Waals surface area contributed by atoms with E-state index in [0.29, 0.717) is 11.4 Å². The summed E-state index contributed by atoms with van der Waals surface area (Å²) in [5, 5.41) is 7.76. The molecule has 4 aromatic rings. The Bertz CT molecular complexity index is 1220. The van der Waals surface area contributed by atoms with Gasteiger partial charge in [-0.25, -0.2) is 4.68 Å². The molecule has 1 aromatic heterocycles. The second-order valence-corrected chi connectivity index (χ2v) is 7.64. The number of amides is 1. The fourth-order valence-electron chi connectivity index (χ4n) is 3.34. The molecular weight excluding hydrogens is 386 g/mol. The van der Waals surface area contributed by atoms with Crippen LogP contribution >= 0.6 is 0 Å². The van der Waals surface area contributed by atoms with E-state index in [4.69, 9.17) is 9.84 Å². The van der Waals surface area contributed by atoms with Crippen LogP contribution in [0, 0.1) is 20.8 Å². The van der Waals surface area contributed by atoms with Gasteiger partial charge in [0.05, 0.1) is 18.5 Å². The number of carbonyl (C=O) groups is 1. The van der Waals surface area contributed by atoms with Gasteiger partial charge in [0.2, 0.25) is 0 Å². The van der Waals surface area contributed by atoms with Crippen molar-refractivity contribution in [3.8, 4) is 22.7 Å². The van der Waals surface area contributed by atoms with Crippen molar-refractivity contribution < 1.29 is 9.53 Å². The lowest BCUT2D eigenvalue weighted by molar-refractivity contribution is 0.101. The van der Waals surface area contributed by atoms with Crippen LogP contribution in [0.5, 0.6) is 5.75 Å². The van der Waals surface area contributed by atoms with E-state index in [1.807, 2.05) is 86.6 Å². The number of nitrogens with one attached hydrogen (secondary N) is 1. The van der Waals surface area contributed by atoms with Crippen LogP contribution in [0.1, 0.15) is 27.2 Å². The number of hydrogen-bond acceptors (Lipinski definition) is 3. The van der Waals surface area contributed by atoms with E-state index in [-0.39, 0.29) is 5.91 Å². The molecule has 1 N–H and O–H groups in total. The molecule has 1 heterocycles. The van der Waals surface area contributed by atoms with Gasteiger partial charge in [0.25, 0.3) is 5.91 Å². The van der Waals surface area contributed by atoms with Gasteiger partial charge in [0.15, 0.2) is 0 Å². The summed E-state index contributed by atoms with van der Waals surface area (Å²) in [4.78, 5) is 13.2. The maximum absolute atomic E-state index is 13.2. The SMILES string of the molecule is COc1ccc(-c2cc(C(=O)Nc3ccc(C)c(C)c3)n(-c3ccc(C)cc3)n2)cc1. The van der Waals surface area contributed by atoms with E-state index in [9.17, 15) is 4.79 Å². The lowest BCUT2D eigenvalue weighted by Gasteiger charge is -2.10. The largest absolute Gasteiger partial charge is 0.497 e. The van der Waals surface area contributed by atoms with Gasteiger partial charge < -0.3 is 10.1 Å². The quantitative estimate of drug-likeness (QED) is 0.457. The summed E-state index contributed by atoms with van der Waals surface area (Å²) in [6.07, 6.45) is 0. The molecule has 1 amide bonds. The Labute approximate surface area is 182 Å². The number of methoxy groups -OCH3 is 1. The highest BCUT2D eigenvalue weighted by Gasteiger charge is 2.18. The third-order valence-corrected chi connectivity index (χ3v) is 5.37. The van der Waals surface area contributed by atoms with Crippen molar-refractivity contribution in [1.29, 1.82) is 0 Å². The van der Waals surface area contributed by atoms with Crippen molar-refractivity contribution in [3.05, 3.63) is 95.2 Å². The molecule has 4 rings (SSSR count). The van der Waals surface area contributed by atoms with E-state index in [2.05, 4.69) is 12.2 Å². The Morgan fingerprint density at radius 2 is 1.58 bits per heavy atom. The number of rotatable bonds is 5. The van der Waals surface area contributed by atoms with Gasteiger partial charge in [-0.05, 0) is 86.5 Å². The maximum Gasteiger partial charge on any atom is 0.274 e. The van der Waals surface area contributed by atoms with E-state index in [1.54, 1.807) is 11.8 Å². The Morgan fingerprint density at radius 3 is 2.23 bits per heavy atom. The van der Waals surface area contributed by atoms with Crippen LogP contribution in [0.2, 0.25) is 0 Å². The first kappa shape index (κ1) is 20.4. The molecule has 3 aromatic carbocycles. The Hall–Kier alpha value is -3.86. The van der Waals surface area contributed by atoms with Gasteiger partial charge in [-0.2, -0.15) is 5.10 Å². The average molecular weight is 412 g/mol. The number of aryl methyl sites for hydroxylation is 3. The number of nitrogens with zero attached hydrogens (tertiary/aromatic N) is 2. The summed E-state index contributed by atoms with van der Waals surface area (Å²) in [6.45, 7) is 6.11. The molecule has 5 nitrogen and oxygen atoms in total. The second-order valence-electron chi connectivity index (χ2n) is 7.64. The van der Waals surface area contributed by atoms with Crippen LogP contribution in [0.25, 0.3) is 16.9 Å². The molecule has 0 unspecified atom stereocenters. The van der Waals surface area contributed by atoms with Crippen LogP contribution in [0.15, 0.2) is 72.8 Å². The minimum Gasteiger partial charge on any atom is -0.497 e. The normalized spacial score (nSPS) is 10.7. The van der Waals surface area contributed by atoms with Crippen molar-refractivity contribution >= 4 is 11.6 Å². The fraction of sp³-hybridized carbons (Fsp3) is 0.154. The zero-order valence-corrected chi connectivity index (χ0v) is 18.1. The van der Waals surface area contributed by atoms with Crippen LogP contribution in [-0.4, -0.2) is 22.8 Å². The molecule has 0 saturated heterocycles. The zero-order chi connectivity index (χ0) is 22.0. The first-order valence-corrected chi connectivity index (χ1v) is 10.1. The van der Waals surface area contributed by atoms with Gasteiger partial charge >= 0.3 is 0 Å². The van der Waals surface area contributed by atoms with Crippen LogP contribution in [-0.2, 0) is 0 Å². The summed E-state index contributed by atoms with van der Waals surface area (Å²) in [5.41, 5.74) is 7.14. The van der Waals surface area contributed by atoms with Crippen molar-refractivity contribution in [1.82, 2.24) is 9.78 Å². The molecule has 156 valence electrons. The highest BCUT2D eigenvalue weighted by atomic mass is 16.5. The van der Waals surface area contributed by atoms with E-state index in [1.165, 1.54) is 5.56 Å². The number of ether oxygens (including phenoxy) is 1. The summed E-state index contributed by atoms with van der Waals surface area (Å²) in [5.74, 6) is 0.561. The first-order valence-electron chi connectivity index (χ1n) is 10.1. The third-order valence-electron chi connectivity index (χ3n) is 5.37. The third kappa shape index (κ3) is 4.36. The summed E-state index contributed by atoms with van der Waals surface area (Å²) >= 11 is 0. The van der Waals surface area contributed by atoms with Gasteiger partial charge in [-0.15, -0.1) is 0 Å². The van der Waals surface area contributed by atoms with Gasteiger partial charge in [0, 0.05) is 11.3 Å². The molecule has 31 heavy (non-hydrogen) atoms. The second kappa shape index (κ2) is 8.48. The van der Waals surface area contributed by atoms with Crippen LogP contribution in [0.4, 0.5) is 5.69 Å². The van der Waals surface area contributed by atoms with Gasteiger partial charge in [-0.1, -0.05) is 23.8 Å². The van der Waals surface area contributed by atoms with Crippen LogP contribution in [0.3, 0.4) is 0 Å². The van der Waals surface area contributed by atoms with Gasteiger partial charge in [0.1, 0.15) is 11.4 Å². The predicted molar refractivity (Wildman–Crippen MR) is 124 cm³/mol. The Balaban J connectivity index is 1.74. The Kier molecular flexibility index (Phi) is 5.58. The lowest BCUT2D eigenvalue weighted by atomic mass is 10.1. The summed E-state index contributed by atoms with van der Waals surface area (Å²) in [7, 11) is 1.64. The summed E-state index contributed by atoms with van der Waals surface area (Å²) in [6, 6.07) is 23.3. The van der Waals surface area contributed by atoms with Crippen LogP contribution < -0.4 is 10.1 Å². The highest BCUT2D eigenvalue weighted by molar-refractivity contribution is 6.04. The van der Waals surface area contributed by atoms with Crippen molar-refractivity contribution in [2.24, 2.45) is 0 Å². The number of anilines is 1. The molecule has 0 spiro atoms. The molecule has 0 saturated carbocycles. The van der Waals surface area contributed by atoms with Gasteiger partial charge in [-0.3, -0.25) is 4.79 Å². The molecule has 0 aliphatic rings. The minimum absolute atomic E-state index is 0.212. The molecular formula is C26H25N3O2. The zero-order valence-electron chi connectivity index (χ0n) is 18.1. The fourth-order valence-corrected chi connectivity index (χ4v) is 3.34. The average Bonchev–Trinajstić information content (AvgIpc) is 3.22. The Morgan fingerprint density at radius 1 is 0.871 bits per heavy atom. The number of aromatic nitrogens is 2. The standard InChI is InChI=1S/C26H25N3O2/c1-17-5-11-22(12-6-17)29-25(26(30)27-21-10-7-18(2)19(3)15-21)16-24(28-29)20-8-13-23(31-4)14-9-20/h5-16H,1-4H3,(H,27,30). The monoisotopic (exact) mass is 411 g/mol. The first-order chi connectivity index (χ1) is 14.9. The molecule has 0 radical (unpaired) electrons. The van der Waals surface area contributed by atoms with Crippen molar-refractivity contribution in [2.75, 3.05) is 12.4 Å². The molecule has 0 fully saturated rings. The maximum atomic E-state index is 13.2. The number of carbonyl (C=O) groups excluding carboxylic acids is 1. The van der Waals surface area contributed by atoms with E-state index in [0.717, 1.165) is 33.8 Å². The predicted octanol–water partition coefficient (Wildman–Crippen LogP) is 5.73. The van der Waals surface area contributed by atoms with E-state index >= 15 is 0 Å². The number of hydrogen-bond donors (Lipinski definition) is 1. The molecule has 0 atom stereocenters. The molecule has 0 aliphatic carbocycles. The minimum atomic E-state index is -0.212. The number of benzene rings is 3. The highest BCUT2D eigenvalue weighted by Crippen LogP contribution is 2.25. The molecule has 0 aliphatic heterocycles. The van der Waals surface area contributed by atoms with Crippen molar-refractivity contribution in [3.63, 3.8) is 0 Å². The van der Waals surface area contributed by atoms with Crippen molar-refractivity contribution in [2.45, 2.75) is 20.8 Å². The molecule has 5 heteroatoms. The summed E-state index contributed by atoms with van der Waals surface area (Å²) < 4.78 is 6.94.